The second-order valence-corrected chi connectivity index (χ2v) is 9.10. The van der Waals surface area contributed by atoms with E-state index in [1.165, 1.54) is 5.57 Å². The fourth-order valence-corrected chi connectivity index (χ4v) is 6.72. The monoisotopic (exact) mass is 322 g/mol. The van der Waals surface area contributed by atoms with Crippen molar-refractivity contribution < 1.29 is 13.9 Å². The highest BCUT2D eigenvalue weighted by Crippen LogP contribution is 2.69. The SMILES string of the molecule is CC1(C)[C@@H]2CC[C@@]3(CF)CCCC=C3[C@@]2(C)CCC12OCCO2. The zero-order valence-corrected chi connectivity index (χ0v) is 14.9. The van der Waals surface area contributed by atoms with Crippen molar-refractivity contribution in [1.29, 1.82) is 0 Å². The molecule has 3 aliphatic carbocycles. The normalized spacial score (nSPS) is 44.5. The number of rotatable bonds is 1. The molecular weight excluding hydrogens is 291 g/mol. The predicted molar refractivity (Wildman–Crippen MR) is 88.8 cm³/mol. The van der Waals surface area contributed by atoms with Gasteiger partial charge in [-0.05, 0) is 49.9 Å². The summed E-state index contributed by atoms with van der Waals surface area (Å²) in [5, 5.41) is 0. The van der Waals surface area contributed by atoms with Gasteiger partial charge in [-0.2, -0.15) is 0 Å². The molecule has 1 spiro atoms. The van der Waals surface area contributed by atoms with Gasteiger partial charge >= 0.3 is 0 Å². The number of allylic oxidation sites excluding steroid dienone is 2. The Morgan fingerprint density at radius 3 is 2.52 bits per heavy atom. The molecule has 3 heteroatoms. The van der Waals surface area contributed by atoms with E-state index in [4.69, 9.17) is 9.47 Å². The predicted octanol–water partition coefficient (Wildman–Crippen LogP) is 5.03. The third-order valence-corrected chi connectivity index (χ3v) is 7.91. The Morgan fingerprint density at radius 2 is 1.83 bits per heavy atom. The fraction of sp³-hybridized carbons (Fsp3) is 0.900. The molecule has 4 rings (SSSR count). The number of hydrogen-bond donors (Lipinski definition) is 0. The maximum Gasteiger partial charge on any atom is 0.173 e. The van der Waals surface area contributed by atoms with Crippen molar-refractivity contribution in [3.05, 3.63) is 11.6 Å². The molecule has 23 heavy (non-hydrogen) atoms. The first-order valence-corrected chi connectivity index (χ1v) is 9.45. The van der Waals surface area contributed by atoms with Crippen LogP contribution in [0.3, 0.4) is 0 Å². The van der Waals surface area contributed by atoms with Crippen molar-refractivity contribution in [3.63, 3.8) is 0 Å². The summed E-state index contributed by atoms with van der Waals surface area (Å²) in [6.07, 6.45) is 9.80. The van der Waals surface area contributed by atoms with Crippen LogP contribution in [0.5, 0.6) is 0 Å². The first-order chi connectivity index (χ1) is 10.9. The summed E-state index contributed by atoms with van der Waals surface area (Å²) in [5.41, 5.74) is 1.35. The number of halogens is 1. The Labute approximate surface area is 139 Å². The molecule has 0 aromatic rings. The van der Waals surface area contributed by atoms with E-state index in [2.05, 4.69) is 26.8 Å². The molecule has 130 valence electrons. The molecule has 0 radical (unpaired) electrons. The lowest BCUT2D eigenvalue weighted by Crippen LogP contribution is -2.62. The van der Waals surface area contributed by atoms with E-state index in [0.717, 1.165) is 44.9 Å². The van der Waals surface area contributed by atoms with E-state index < -0.39 is 5.79 Å². The zero-order valence-electron chi connectivity index (χ0n) is 14.9. The van der Waals surface area contributed by atoms with Gasteiger partial charge in [-0.25, -0.2) is 0 Å². The van der Waals surface area contributed by atoms with Crippen LogP contribution in [-0.2, 0) is 9.47 Å². The summed E-state index contributed by atoms with van der Waals surface area (Å²) in [5.74, 6) is 0.0909. The molecule has 0 amide bonds. The van der Waals surface area contributed by atoms with Crippen LogP contribution in [0.4, 0.5) is 4.39 Å². The minimum atomic E-state index is -0.415. The van der Waals surface area contributed by atoms with Crippen molar-refractivity contribution in [3.8, 4) is 0 Å². The molecule has 0 unspecified atom stereocenters. The largest absolute Gasteiger partial charge is 0.347 e. The van der Waals surface area contributed by atoms with Crippen LogP contribution in [0, 0.1) is 22.2 Å². The van der Waals surface area contributed by atoms with Crippen LogP contribution in [0.1, 0.15) is 65.7 Å². The molecular formula is C20H31FO2. The first kappa shape index (κ1) is 16.1. The molecule has 0 bridgehead atoms. The van der Waals surface area contributed by atoms with Gasteiger partial charge in [0.1, 0.15) is 0 Å². The van der Waals surface area contributed by atoms with Crippen molar-refractivity contribution in [2.75, 3.05) is 19.9 Å². The second kappa shape index (κ2) is 5.05. The van der Waals surface area contributed by atoms with E-state index in [-0.39, 0.29) is 22.9 Å². The summed E-state index contributed by atoms with van der Waals surface area (Å²) >= 11 is 0. The molecule has 1 aliphatic heterocycles. The van der Waals surface area contributed by atoms with E-state index >= 15 is 0 Å². The van der Waals surface area contributed by atoms with E-state index in [9.17, 15) is 4.39 Å². The van der Waals surface area contributed by atoms with Gasteiger partial charge in [-0.1, -0.05) is 32.4 Å². The number of alkyl halides is 1. The Bertz CT molecular complexity index is 520. The summed E-state index contributed by atoms with van der Waals surface area (Å²) in [6, 6.07) is 0. The van der Waals surface area contributed by atoms with Crippen LogP contribution in [-0.4, -0.2) is 25.7 Å². The van der Waals surface area contributed by atoms with Crippen molar-refractivity contribution >= 4 is 0 Å². The highest BCUT2D eigenvalue weighted by molar-refractivity contribution is 5.32. The average molecular weight is 322 g/mol. The van der Waals surface area contributed by atoms with Crippen molar-refractivity contribution in [2.24, 2.45) is 22.2 Å². The molecule has 2 nitrogen and oxygen atoms in total. The van der Waals surface area contributed by atoms with Crippen LogP contribution >= 0.6 is 0 Å². The van der Waals surface area contributed by atoms with Gasteiger partial charge in [0.15, 0.2) is 5.79 Å². The summed E-state index contributed by atoms with van der Waals surface area (Å²) in [7, 11) is 0. The molecule has 0 N–H and O–H groups in total. The Balaban J connectivity index is 1.76. The van der Waals surface area contributed by atoms with Crippen molar-refractivity contribution in [2.45, 2.75) is 71.5 Å². The fourth-order valence-electron chi connectivity index (χ4n) is 6.72. The number of ether oxygens (including phenoxy) is 2. The van der Waals surface area contributed by atoms with Gasteiger partial charge in [0.25, 0.3) is 0 Å². The number of hydrogen-bond acceptors (Lipinski definition) is 2. The minimum absolute atomic E-state index is 0.0305. The lowest BCUT2D eigenvalue weighted by Gasteiger charge is -2.64. The Kier molecular flexibility index (Phi) is 3.53. The molecule has 1 saturated heterocycles. The summed E-state index contributed by atoms with van der Waals surface area (Å²) in [6.45, 7) is 8.30. The second-order valence-electron chi connectivity index (χ2n) is 9.10. The smallest absolute Gasteiger partial charge is 0.173 e. The molecule has 2 saturated carbocycles. The van der Waals surface area contributed by atoms with Crippen LogP contribution < -0.4 is 0 Å². The molecule has 0 aromatic carbocycles. The maximum absolute atomic E-state index is 14.1. The topological polar surface area (TPSA) is 18.5 Å². The van der Waals surface area contributed by atoms with Gasteiger partial charge in [-0.15, -0.1) is 0 Å². The van der Waals surface area contributed by atoms with E-state index in [1.54, 1.807) is 0 Å². The standard InChI is InChI=1S/C20H31FO2/c1-17(2)15-7-9-19(14-21)8-5-4-6-16(19)18(15,3)10-11-20(17)22-12-13-23-20/h6,15H,4-5,7-14H2,1-3H3/t15-,18-,19+/m0/s1. The van der Waals surface area contributed by atoms with Crippen LogP contribution in [0.2, 0.25) is 0 Å². The Hall–Kier alpha value is -0.410. The van der Waals surface area contributed by atoms with Crippen LogP contribution in [0.25, 0.3) is 0 Å². The van der Waals surface area contributed by atoms with Gasteiger partial charge in [0, 0.05) is 17.3 Å². The average Bonchev–Trinajstić information content (AvgIpc) is 3.03. The van der Waals surface area contributed by atoms with Crippen LogP contribution in [0.15, 0.2) is 11.6 Å². The van der Waals surface area contributed by atoms with Gasteiger partial charge < -0.3 is 9.47 Å². The van der Waals surface area contributed by atoms with E-state index in [0.29, 0.717) is 19.1 Å². The first-order valence-electron chi connectivity index (χ1n) is 9.45. The molecule has 3 fully saturated rings. The van der Waals surface area contributed by atoms with Gasteiger partial charge in [0.2, 0.25) is 0 Å². The highest BCUT2D eigenvalue weighted by atomic mass is 19.1. The van der Waals surface area contributed by atoms with Gasteiger partial charge in [-0.3, -0.25) is 4.39 Å². The lowest BCUT2D eigenvalue weighted by atomic mass is 9.43. The molecule has 4 aliphatic rings. The highest BCUT2D eigenvalue weighted by Gasteiger charge is 2.65. The zero-order chi connectivity index (χ0) is 16.3. The van der Waals surface area contributed by atoms with E-state index in [1.807, 2.05) is 0 Å². The molecule has 1 heterocycles. The molecule has 3 atom stereocenters. The minimum Gasteiger partial charge on any atom is -0.347 e. The third-order valence-electron chi connectivity index (χ3n) is 7.91. The van der Waals surface area contributed by atoms with Gasteiger partial charge in [0.05, 0.1) is 19.9 Å². The molecule has 0 aromatic heterocycles. The summed E-state index contributed by atoms with van der Waals surface area (Å²) < 4.78 is 26.5. The lowest BCUT2D eigenvalue weighted by molar-refractivity contribution is -0.285. The third kappa shape index (κ3) is 1.93. The number of fused-ring (bicyclic) bond motifs is 3. The van der Waals surface area contributed by atoms with Crippen molar-refractivity contribution in [1.82, 2.24) is 0 Å². The summed E-state index contributed by atoms with van der Waals surface area (Å²) in [4.78, 5) is 0. The quantitative estimate of drug-likeness (QED) is 0.630. The Morgan fingerprint density at radius 1 is 1.09 bits per heavy atom. The maximum atomic E-state index is 14.1.